The molecule has 1 fully saturated rings. The number of nitrogens with one attached hydrogen (secondary N) is 1. The van der Waals surface area contributed by atoms with Crippen LogP contribution in [-0.4, -0.2) is 19.1 Å². The van der Waals surface area contributed by atoms with Gasteiger partial charge in [0.15, 0.2) is 11.5 Å². The summed E-state index contributed by atoms with van der Waals surface area (Å²) in [5.41, 5.74) is 7.72. The van der Waals surface area contributed by atoms with Gasteiger partial charge in [-0.2, -0.15) is 0 Å². The minimum absolute atomic E-state index is 0. The molecule has 1 amide bonds. The van der Waals surface area contributed by atoms with Crippen molar-refractivity contribution in [3.05, 3.63) is 53.6 Å². The largest absolute Gasteiger partial charge is 0.486 e. The predicted octanol–water partition coefficient (Wildman–Crippen LogP) is 3.66. The number of carbonyl (C=O) groups is 1. The van der Waals surface area contributed by atoms with Crippen molar-refractivity contribution >= 4 is 24.0 Å². The van der Waals surface area contributed by atoms with Crippen LogP contribution in [0.25, 0.3) is 0 Å². The molecule has 138 valence electrons. The first kappa shape index (κ1) is 18.4. The Labute approximate surface area is 159 Å². The van der Waals surface area contributed by atoms with E-state index in [0.717, 1.165) is 42.7 Å². The summed E-state index contributed by atoms with van der Waals surface area (Å²) in [7, 11) is 0. The van der Waals surface area contributed by atoms with Gasteiger partial charge in [0.25, 0.3) is 5.91 Å². The summed E-state index contributed by atoms with van der Waals surface area (Å²) in [6.07, 6.45) is 4.04. The first-order chi connectivity index (χ1) is 12.2. The van der Waals surface area contributed by atoms with Crippen molar-refractivity contribution in [3.63, 3.8) is 0 Å². The van der Waals surface area contributed by atoms with Crippen LogP contribution in [0.15, 0.2) is 42.5 Å². The van der Waals surface area contributed by atoms with Crippen molar-refractivity contribution < 1.29 is 14.3 Å². The Hall–Kier alpha value is -2.40. The van der Waals surface area contributed by atoms with Crippen molar-refractivity contribution in [1.82, 2.24) is 5.32 Å². The summed E-state index contributed by atoms with van der Waals surface area (Å²) < 4.78 is 11.3. The highest BCUT2D eigenvalue weighted by atomic mass is 35.5. The topological polar surface area (TPSA) is 73.6 Å². The fraction of sp³-hybridized carbons (Fsp3) is 0.350. The number of nitrogen functional groups attached to an aromatic ring is 1. The molecule has 4 rings (SSSR count). The first-order valence-electron chi connectivity index (χ1n) is 8.74. The fourth-order valence-electron chi connectivity index (χ4n) is 3.73. The molecule has 0 saturated heterocycles. The molecule has 1 aliphatic heterocycles. The van der Waals surface area contributed by atoms with E-state index in [-0.39, 0.29) is 23.9 Å². The zero-order valence-corrected chi connectivity index (χ0v) is 15.3. The zero-order chi connectivity index (χ0) is 17.3. The maximum Gasteiger partial charge on any atom is 0.251 e. The number of rotatable bonds is 3. The van der Waals surface area contributed by atoms with Crippen molar-refractivity contribution in [2.75, 3.05) is 18.9 Å². The minimum atomic E-state index is -0.353. The van der Waals surface area contributed by atoms with Gasteiger partial charge in [-0.05, 0) is 54.8 Å². The molecule has 5 nitrogen and oxygen atoms in total. The molecule has 6 heteroatoms. The second kappa shape index (κ2) is 7.46. The first-order valence-corrected chi connectivity index (χ1v) is 8.74. The number of anilines is 1. The van der Waals surface area contributed by atoms with E-state index in [2.05, 4.69) is 5.32 Å². The predicted molar refractivity (Wildman–Crippen MR) is 103 cm³/mol. The van der Waals surface area contributed by atoms with Gasteiger partial charge in [-0.1, -0.05) is 18.9 Å². The molecule has 2 aromatic carbocycles. The Kier molecular flexibility index (Phi) is 5.28. The van der Waals surface area contributed by atoms with Crippen LogP contribution < -0.4 is 20.5 Å². The maximum absolute atomic E-state index is 12.8. The summed E-state index contributed by atoms with van der Waals surface area (Å²) in [5, 5.41) is 3.28. The molecule has 2 aliphatic rings. The van der Waals surface area contributed by atoms with Gasteiger partial charge in [0.2, 0.25) is 0 Å². The SMILES string of the molecule is Cl.Nc1ccc(C(=O)NC2(c3ccc4c(c3)OCCO4)CCCC2)cc1. The number of hydrogen-bond acceptors (Lipinski definition) is 4. The average Bonchev–Trinajstić information content (AvgIpc) is 3.11. The van der Waals surface area contributed by atoms with E-state index < -0.39 is 0 Å². The molecule has 0 aromatic heterocycles. The Bertz CT molecular complexity index is 786. The van der Waals surface area contributed by atoms with Crippen LogP contribution in [0.5, 0.6) is 11.5 Å². The summed E-state index contributed by atoms with van der Waals surface area (Å²) in [4.78, 5) is 12.8. The van der Waals surface area contributed by atoms with Crippen LogP contribution >= 0.6 is 12.4 Å². The number of nitrogens with two attached hydrogens (primary N) is 1. The van der Waals surface area contributed by atoms with Crippen LogP contribution in [0.4, 0.5) is 5.69 Å². The van der Waals surface area contributed by atoms with E-state index in [0.29, 0.717) is 24.5 Å². The Morgan fingerprint density at radius 3 is 2.31 bits per heavy atom. The summed E-state index contributed by atoms with van der Waals surface area (Å²) in [5.74, 6) is 1.46. The van der Waals surface area contributed by atoms with Gasteiger partial charge >= 0.3 is 0 Å². The van der Waals surface area contributed by atoms with Gasteiger partial charge < -0.3 is 20.5 Å². The molecule has 1 saturated carbocycles. The van der Waals surface area contributed by atoms with E-state index in [1.54, 1.807) is 24.3 Å². The molecule has 3 N–H and O–H groups in total. The molecule has 1 aliphatic carbocycles. The van der Waals surface area contributed by atoms with Gasteiger partial charge in [0, 0.05) is 11.3 Å². The lowest BCUT2D eigenvalue weighted by atomic mass is 9.87. The summed E-state index contributed by atoms with van der Waals surface area (Å²) >= 11 is 0. The third-order valence-electron chi connectivity index (χ3n) is 5.08. The van der Waals surface area contributed by atoms with E-state index in [9.17, 15) is 4.79 Å². The van der Waals surface area contributed by atoms with Gasteiger partial charge in [0.05, 0.1) is 5.54 Å². The standard InChI is InChI=1S/C20H22N2O3.ClH/c21-16-6-3-14(4-7-16)19(23)22-20(9-1-2-10-20)15-5-8-17-18(13-15)25-12-11-24-17;/h3-8,13H,1-2,9-12,21H2,(H,22,23);1H. The third-order valence-corrected chi connectivity index (χ3v) is 5.08. The van der Waals surface area contributed by atoms with E-state index in [1.165, 1.54) is 0 Å². The normalized spacial score (nSPS) is 17.2. The second-order valence-electron chi connectivity index (χ2n) is 6.72. The number of ether oxygens (including phenoxy) is 2. The molecule has 26 heavy (non-hydrogen) atoms. The fourth-order valence-corrected chi connectivity index (χ4v) is 3.73. The maximum atomic E-state index is 12.8. The van der Waals surface area contributed by atoms with Crippen LogP contribution in [-0.2, 0) is 5.54 Å². The molecule has 0 bridgehead atoms. The number of carbonyl (C=O) groups excluding carboxylic acids is 1. The minimum Gasteiger partial charge on any atom is -0.486 e. The number of benzene rings is 2. The number of amides is 1. The van der Waals surface area contributed by atoms with Crippen LogP contribution in [0, 0.1) is 0 Å². The zero-order valence-electron chi connectivity index (χ0n) is 14.5. The second-order valence-corrected chi connectivity index (χ2v) is 6.72. The molecule has 0 unspecified atom stereocenters. The molecular formula is C20H23ClN2O3. The molecule has 0 atom stereocenters. The van der Waals surface area contributed by atoms with E-state index >= 15 is 0 Å². The van der Waals surface area contributed by atoms with Gasteiger partial charge in [-0.3, -0.25) is 4.79 Å². The lowest BCUT2D eigenvalue weighted by Crippen LogP contribution is -2.43. The lowest BCUT2D eigenvalue weighted by Gasteiger charge is -2.32. The third kappa shape index (κ3) is 3.44. The Morgan fingerprint density at radius 2 is 1.62 bits per heavy atom. The molecule has 2 aromatic rings. The summed E-state index contributed by atoms with van der Waals surface area (Å²) in [6, 6.07) is 13.0. The summed E-state index contributed by atoms with van der Waals surface area (Å²) in [6.45, 7) is 1.13. The molecule has 1 heterocycles. The van der Waals surface area contributed by atoms with Crippen molar-refractivity contribution in [1.29, 1.82) is 0 Å². The van der Waals surface area contributed by atoms with Crippen molar-refractivity contribution in [2.45, 2.75) is 31.2 Å². The van der Waals surface area contributed by atoms with Gasteiger partial charge in [-0.15, -0.1) is 12.4 Å². The number of halogens is 1. The van der Waals surface area contributed by atoms with Gasteiger partial charge in [-0.25, -0.2) is 0 Å². The number of hydrogen-bond donors (Lipinski definition) is 2. The highest BCUT2D eigenvalue weighted by Crippen LogP contribution is 2.42. The van der Waals surface area contributed by atoms with Crippen LogP contribution in [0.2, 0.25) is 0 Å². The molecular weight excluding hydrogens is 352 g/mol. The number of fused-ring (bicyclic) bond motifs is 1. The lowest BCUT2D eigenvalue weighted by molar-refractivity contribution is 0.0897. The van der Waals surface area contributed by atoms with Crippen molar-refractivity contribution in [2.24, 2.45) is 0 Å². The smallest absolute Gasteiger partial charge is 0.251 e. The highest BCUT2D eigenvalue weighted by Gasteiger charge is 2.38. The van der Waals surface area contributed by atoms with Crippen LogP contribution in [0.1, 0.15) is 41.6 Å². The van der Waals surface area contributed by atoms with Gasteiger partial charge in [0.1, 0.15) is 13.2 Å². The Balaban J connectivity index is 0.00000196. The van der Waals surface area contributed by atoms with E-state index in [1.807, 2.05) is 18.2 Å². The average molecular weight is 375 g/mol. The molecule has 0 radical (unpaired) electrons. The Morgan fingerprint density at radius 1 is 0.962 bits per heavy atom. The monoisotopic (exact) mass is 374 g/mol. The molecule has 0 spiro atoms. The quantitative estimate of drug-likeness (QED) is 0.804. The van der Waals surface area contributed by atoms with Crippen molar-refractivity contribution in [3.8, 4) is 11.5 Å². The van der Waals surface area contributed by atoms with Crippen LogP contribution in [0.3, 0.4) is 0 Å². The highest BCUT2D eigenvalue weighted by molar-refractivity contribution is 5.95. The van der Waals surface area contributed by atoms with E-state index in [4.69, 9.17) is 15.2 Å².